The monoisotopic (exact) mass is 408 g/mol. The maximum absolute atomic E-state index is 12.6. The lowest BCUT2D eigenvalue weighted by molar-refractivity contribution is -0.117. The number of halogens is 1. The van der Waals surface area contributed by atoms with Crippen LogP contribution in [0.3, 0.4) is 0 Å². The van der Waals surface area contributed by atoms with E-state index >= 15 is 0 Å². The molecule has 7 heteroatoms. The number of nitrogens with zero attached hydrogens (tertiary/aromatic N) is 2. The smallest absolute Gasteiger partial charge is 0.228 e. The predicted molar refractivity (Wildman–Crippen MR) is 113 cm³/mol. The van der Waals surface area contributed by atoms with Crippen molar-refractivity contribution in [1.82, 2.24) is 10.2 Å². The summed E-state index contributed by atoms with van der Waals surface area (Å²) in [6.45, 7) is 0.595. The third-order valence-corrected chi connectivity index (χ3v) is 5.24. The van der Waals surface area contributed by atoms with Gasteiger partial charge in [-0.15, -0.1) is 5.10 Å². The molecule has 4 rings (SSSR count). The zero-order chi connectivity index (χ0) is 20.2. The Morgan fingerprint density at radius 2 is 1.93 bits per heavy atom. The highest BCUT2D eigenvalue weighted by atomic mass is 35.5. The van der Waals surface area contributed by atoms with E-state index in [2.05, 4.69) is 20.8 Å². The first kappa shape index (κ1) is 19.4. The minimum Gasteiger partial charge on any atom is -0.392 e. The van der Waals surface area contributed by atoms with Gasteiger partial charge in [-0.25, -0.2) is 0 Å². The van der Waals surface area contributed by atoms with Gasteiger partial charge in [0.1, 0.15) is 0 Å². The van der Waals surface area contributed by atoms with Gasteiger partial charge in [0.05, 0.1) is 18.5 Å². The number of carbonyl (C=O) groups is 1. The van der Waals surface area contributed by atoms with Gasteiger partial charge in [-0.05, 0) is 41.2 Å². The molecule has 0 spiro atoms. The third-order valence-electron chi connectivity index (χ3n) is 5.01. The standard InChI is InChI=1S/C22H21ClN4O2/c23-17-3-1-2-16(8-17)19-10-20(19)22(29)26-18-9-21(27-25-12-18)24-11-14-4-6-15(13-28)7-5-14/h1-9,12,19-20,28H,10-11,13H2,(H2,24,26,27,29)/t19-,20+/m1/s1. The number of benzene rings is 2. The SMILES string of the molecule is O=C(Nc1cnnc(NCc2ccc(CO)cc2)c1)[C@H]1C[C@@H]1c1cccc(Cl)c1. The molecule has 2 aromatic carbocycles. The molecule has 1 amide bonds. The van der Waals surface area contributed by atoms with Crippen molar-refractivity contribution >= 4 is 29.0 Å². The molecule has 0 unspecified atom stereocenters. The zero-order valence-corrected chi connectivity index (χ0v) is 16.4. The molecule has 1 saturated carbocycles. The molecule has 0 aliphatic heterocycles. The third kappa shape index (κ3) is 4.91. The van der Waals surface area contributed by atoms with Gasteiger partial charge >= 0.3 is 0 Å². The average molecular weight is 409 g/mol. The highest BCUT2D eigenvalue weighted by molar-refractivity contribution is 6.30. The summed E-state index contributed by atoms with van der Waals surface area (Å²) in [5.41, 5.74) is 3.63. The van der Waals surface area contributed by atoms with Crippen LogP contribution in [-0.4, -0.2) is 21.2 Å². The number of aromatic nitrogens is 2. The minimum absolute atomic E-state index is 0.0199. The number of rotatable bonds is 7. The topological polar surface area (TPSA) is 87.1 Å². The summed E-state index contributed by atoms with van der Waals surface area (Å²) >= 11 is 6.05. The first-order chi connectivity index (χ1) is 14.1. The van der Waals surface area contributed by atoms with Crippen LogP contribution >= 0.6 is 11.6 Å². The Kier molecular flexibility index (Phi) is 5.74. The van der Waals surface area contributed by atoms with E-state index in [4.69, 9.17) is 16.7 Å². The summed E-state index contributed by atoms with van der Waals surface area (Å²) in [6, 6.07) is 17.1. The van der Waals surface area contributed by atoms with Crippen LogP contribution in [0.15, 0.2) is 60.8 Å². The summed E-state index contributed by atoms with van der Waals surface area (Å²) in [5, 5.41) is 23.9. The van der Waals surface area contributed by atoms with Gasteiger partial charge in [-0.2, -0.15) is 5.10 Å². The fraction of sp³-hybridized carbons (Fsp3) is 0.227. The summed E-state index contributed by atoms with van der Waals surface area (Å²) in [4.78, 5) is 12.6. The molecule has 1 heterocycles. The van der Waals surface area contributed by atoms with Crippen LogP contribution < -0.4 is 10.6 Å². The Labute approximate surface area is 173 Å². The van der Waals surface area contributed by atoms with Crippen LogP contribution in [-0.2, 0) is 17.9 Å². The number of aliphatic hydroxyl groups excluding tert-OH is 1. The van der Waals surface area contributed by atoms with Crippen LogP contribution in [0.5, 0.6) is 0 Å². The average Bonchev–Trinajstić information content (AvgIpc) is 3.54. The van der Waals surface area contributed by atoms with Crippen molar-refractivity contribution in [3.8, 4) is 0 Å². The number of carbonyl (C=O) groups excluding carboxylic acids is 1. The lowest BCUT2D eigenvalue weighted by Crippen LogP contribution is -2.15. The molecule has 2 atom stereocenters. The van der Waals surface area contributed by atoms with E-state index in [-0.39, 0.29) is 24.3 Å². The quantitative estimate of drug-likeness (QED) is 0.550. The second kappa shape index (κ2) is 8.59. The Morgan fingerprint density at radius 3 is 2.69 bits per heavy atom. The van der Waals surface area contributed by atoms with E-state index in [9.17, 15) is 4.79 Å². The van der Waals surface area contributed by atoms with E-state index in [1.165, 1.54) is 6.20 Å². The maximum atomic E-state index is 12.6. The number of nitrogens with one attached hydrogen (secondary N) is 2. The van der Waals surface area contributed by atoms with E-state index in [1.54, 1.807) is 6.07 Å². The molecule has 29 heavy (non-hydrogen) atoms. The molecule has 0 saturated heterocycles. The first-order valence-corrected chi connectivity index (χ1v) is 9.82. The fourth-order valence-corrected chi connectivity index (χ4v) is 3.50. The Hall–Kier alpha value is -2.96. The first-order valence-electron chi connectivity index (χ1n) is 9.44. The second-order valence-electron chi connectivity index (χ2n) is 7.15. The highest BCUT2D eigenvalue weighted by Gasteiger charge is 2.44. The van der Waals surface area contributed by atoms with Gasteiger partial charge in [0.2, 0.25) is 5.91 Å². The van der Waals surface area contributed by atoms with E-state index in [0.717, 1.165) is 23.1 Å². The second-order valence-corrected chi connectivity index (χ2v) is 7.59. The van der Waals surface area contributed by atoms with Gasteiger partial charge in [0.25, 0.3) is 0 Å². The van der Waals surface area contributed by atoms with Crippen LogP contribution in [0.1, 0.15) is 29.0 Å². The minimum atomic E-state index is -0.0527. The molecule has 148 valence electrons. The Balaban J connectivity index is 1.33. The summed E-state index contributed by atoms with van der Waals surface area (Å²) in [6.07, 6.45) is 2.36. The number of amides is 1. The van der Waals surface area contributed by atoms with Crippen molar-refractivity contribution in [2.75, 3.05) is 10.6 Å². The Morgan fingerprint density at radius 1 is 1.14 bits per heavy atom. The highest BCUT2D eigenvalue weighted by Crippen LogP contribution is 2.48. The van der Waals surface area contributed by atoms with Crippen molar-refractivity contribution in [3.05, 3.63) is 82.5 Å². The predicted octanol–water partition coefficient (Wildman–Crippen LogP) is 3.98. The molecule has 0 radical (unpaired) electrons. The number of anilines is 2. The van der Waals surface area contributed by atoms with Gasteiger partial charge in [-0.1, -0.05) is 48.0 Å². The lowest BCUT2D eigenvalue weighted by atomic mass is 10.1. The largest absolute Gasteiger partial charge is 0.392 e. The van der Waals surface area contributed by atoms with Crippen LogP contribution in [0.25, 0.3) is 0 Å². The van der Waals surface area contributed by atoms with Gasteiger partial charge in [0, 0.05) is 23.6 Å². The van der Waals surface area contributed by atoms with E-state index in [1.807, 2.05) is 48.5 Å². The van der Waals surface area contributed by atoms with Crippen molar-refractivity contribution in [1.29, 1.82) is 0 Å². The summed E-state index contributed by atoms with van der Waals surface area (Å²) in [5.74, 6) is 0.718. The van der Waals surface area contributed by atoms with Crippen LogP contribution in [0.4, 0.5) is 11.5 Å². The molecule has 1 aromatic heterocycles. The summed E-state index contributed by atoms with van der Waals surface area (Å²) < 4.78 is 0. The zero-order valence-electron chi connectivity index (χ0n) is 15.7. The van der Waals surface area contributed by atoms with Crippen molar-refractivity contribution in [2.45, 2.75) is 25.5 Å². The van der Waals surface area contributed by atoms with E-state index < -0.39 is 0 Å². The number of hydrogen-bond acceptors (Lipinski definition) is 5. The van der Waals surface area contributed by atoms with Crippen LogP contribution in [0, 0.1) is 5.92 Å². The molecular formula is C22H21ClN4O2. The lowest BCUT2D eigenvalue weighted by Gasteiger charge is -2.09. The molecule has 1 aliphatic carbocycles. The van der Waals surface area contributed by atoms with Crippen molar-refractivity contribution in [3.63, 3.8) is 0 Å². The molecule has 0 bridgehead atoms. The van der Waals surface area contributed by atoms with Gasteiger partial charge in [-0.3, -0.25) is 4.79 Å². The van der Waals surface area contributed by atoms with Crippen molar-refractivity contribution < 1.29 is 9.90 Å². The van der Waals surface area contributed by atoms with Crippen molar-refractivity contribution in [2.24, 2.45) is 5.92 Å². The number of hydrogen-bond donors (Lipinski definition) is 3. The Bertz CT molecular complexity index is 1010. The molecule has 3 aromatic rings. The summed E-state index contributed by atoms with van der Waals surface area (Å²) in [7, 11) is 0. The maximum Gasteiger partial charge on any atom is 0.228 e. The molecule has 1 fully saturated rings. The number of aliphatic hydroxyl groups is 1. The van der Waals surface area contributed by atoms with Gasteiger partial charge in [0.15, 0.2) is 5.82 Å². The fourth-order valence-electron chi connectivity index (χ4n) is 3.30. The van der Waals surface area contributed by atoms with E-state index in [0.29, 0.717) is 23.1 Å². The molecular weight excluding hydrogens is 388 g/mol. The molecule has 1 aliphatic rings. The molecule has 6 nitrogen and oxygen atoms in total. The normalized spacial score (nSPS) is 17.6. The van der Waals surface area contributed by atoms with Crippen LogP contribution in [0.2, 0.25) is 5.02 Å². The molecule has 3 N–H and O–H groups in total. The van der Waals surface area contributed by atoms with Gasteiger partial charge < -0.3 is 15.7 Å².